The van der Waals surface area contributed by atoms with Crippen LogP contribution in [0.5, 0.6) is 11.5 Å². The molecule has 0 N–H and O–H groups in total. The molecule has 0 aliphatic heterocycles. The van der Waals surface area contributed by atoms with Crippen molar-refractivity contribution in [3.05, 3.63) is 52.6 Å². The number of hydrogen-bond donors (Lipinski definition) is 0. The molecule has 0 fully saturated rings. The summed E-state index contributed by atoms with van der Waals surface area (Å²) in [5, 5.41) is 0.810. The fourth-order valence-corrected chi connectivity index (χ4v) is 4.37. The number of methoxy groups -OCH3 is 2. The first kappa shape index (κ1) is 28.7. The van der Waals surface area contributed by atoms with Gasteiger partial charge in [0.1, 0.15) is 11.5 Å². The number of benzene rings is 2. The zero-order valence-electron chi connectivity index (χ0n) is 22.1. The van der Waals surface area contributed by atoms with Crippen LogP contribution in [0.3, 0.4) is 0 Å². The van der Waals surface area contributed by atoms with E-state index in [-0.39, 0.29) is 39.8 Å². The molecule has 32 heavy (non-hydrogen) atoms. The Bertz CT molecular complexity index is 906. The van der Waals surface area contributed by atoms with Gasteiger partial charge in [-0.2, -0.15) is 0 Å². The third kappa shape index (κ3) is 7.61. The van der Waals surface area contributed by atoms with E-state index in [0.29, 0.717) is 11.5 Å². The third-order valence-electron chi connectivity index (χ3n) is 5.09. The minimum absolute atomic E-state index is 0. The summed E-state index contributed by atoms with van der Waals surface area (Å²) < 4.78 is 22.1. The molecule has 0 aromatic heterocycles. The van der Waals surface area contributed by atoms with Gasteiger partial charge in [0.05, 0.1) is 0 Å². The zero-order valence-corrected chi connectivity index (χ0v) is 22.1. The molecule has 0 bridgehead atoms. The van der Waals surface area contributed by atoms with Crippen molar-refractivity contribution in [2.45, 2.75) is 66.5 Å². The molecule has 0 aliphatic carbocycles. The minimum atomic E-state index is -0.455. The number of rotatable bonds is 9. The molecule has 0 saturated carbocycles. The second-order valence-electron chi connectivity index (χ2n) is 8.69. The van der Waals surface area contributed by atoms with E-state index in [9.17, 15) is 4.79 Å². The smallest absolute Gasteiger partial charge is 1.00 e. The van der Waals surface area contributed by atoms with Gasteiger partial charge in [-0.05, 0) is 70.5 Å². The molecule has 2 rings (SSSR count). The molecule has 0 radical (unpaired) electrons. The molecule has 2 aromatic rings. The molecule has 0 saturated heterocycles. The molecule has 0 amide bonds. The van der Waals surface area contributed by atoms with Crippen molar-refractivity contribution in [2.24, 2.45) is 0 Å². The average molecular weight is 454 g/mol. The van der Waals surface area contributed by atoms with Crippen molar-refractivity contribution in [1.82, 2.24) is 0 Å². The van der Waals surface area contributed by atoms with E-state index in [4.69, 9.17) is 18.9 Å². The predicted molar refractivity (Wildman–Crippen MR) is 129 cm³/mol. The van der Waals surface area contributed by atoms with Crippen molar-refractivity contribution < 1.29 is 44.0 Å². The van der Waals surface area contributed by atoms with Gasteiger partial charge in [0.2, 0.25) is 0 Å². The Labute approximate surface area is 208 Å². The van der Waals surface area contributed by atoms with Gasteiger partial charge in [0.25, 0.3) is 0 Å². The van der Waals surface area contributed by atoms with Crippen LogP contribution in [-0.4, -0.2) is 32.3 Å². The Morgan fingerprint density at radius 1 is 0.938 bits per heavy atom. The molecule has 0 spiro atoms. The molecule has 0 heterocycles. The van der Waals surface area contributed by atoms with Crippen LogP contribution >= 0.6 is 8.58 Å². The number of ether oxygens (including phenoxy) is 4. The van der Waals surface area contributed by atoms with Crippen LogP contribution < -0.4 is 33.6 Å². The van der Waals surface area contributed by atoms with E-state index < -0.39 is 12.6 Å². The van der Waals surface area contributed by atoms with Crippen molar-refractivity contribution in [3.63, 3.8) is 0 Å². The normalized spacial score (nSPS) is 13.5. The largest absolute Gasteiger partial charge is 1.00 e. The average Bonchev–Trinajstić information content (AvgIpc) is 2.68. The second-order valence-corrected chi connectivity index (χ2v) is 9.93. The van der Waals surface area contributed by atoms with Gasteiger partial charge in [-0.1, -0.05) is 32.9 Å². The fraction of sp³-hybridized carbons (Fsp3) is 0.480. The molecule has 5 nitrogen and oxygen atoms in total. The summed E-state index contributed by atoms with van der Waals surface area (Å²) in [5.41, 5.74) is 4.14. The molecular formula is C25H36LiO5P. The summed E-state index contributed by atoms with van der Waals surface area (Å²) in [4.78, 5) is 13.3. The van der Waals surface area contributed by atoms with Crippen LogP contribution in [0, 0.1) is 13.8 Å². The molecule has 3 atom stereocenters. The molecule has 2 aromatic carbocycles. The predicted octanol–water partition coefficient (Wildman–Crippen LogP) is 2.60. The Hall–Kier alpha value is -1.34. The summed E-state index contributed by atoms with van der Waals surface area (Å²) in [7, 11) is 3.08. The van der Waals surface area contributed by atoms with Crippen LogP contribution in [0.25, 0.3) is 0 Å². The Balaban J connectivity index is 0.00000512. The van der Waals surface area contributed by atoms with Crippen molar-refractivity contribution in [1.29, 1.82) is 0 Å². The van der Waals surface area contributed by atoms with Crippen LogP contribution in [0.2, 0.25) is 0 Å². The van der Waals surface area contributed by atoms with Crippen LogP contribution in [-0.2, 0) is 14.9 Å². The van der Waals surface area contributed by atoms with Crippen LogP contribution in [0.1, 0.15) is 63.1 Å². The van der Waals surface area contributed by atoms with Gasteiger partial charge in [0, 0.05) is 31.2 Å². The van der Waals surface area contributed by atoms with E-state index in [0.717, 1.165) is 22.0 Å². The maximum absolute atomic E-state index is 13.3. The van der Waals surface area contributed by atoms with Crippen LogP contribution in [0.15, 0.2) is 30.3 Å². The number of aryl methyl sites for hydroxylation is 2. The van der Waals surface area contributed by atoms with E-state index >= 15 is 0 Å². The van der Waals surface area contributed by atoms with E-state index in [1.807, 2.05) is 32.9 Å². The standard InChI is InChI=1S/C25H35O5P.Li.H/c1-15-12-19(25(5,6)7)13-16(2)23(15)24(26)31-22-11-10-20(29-17(3)27-8)14-21(22)30-18(4)28-9;;/h10-14,17-18,31H,1-9H3;;/q;+1;-1. The van der Waals surface area contributed by atoms with Crippen molar-refractivity contribution in [3.8, 4) is 11.5 Å². The first-order chi connectivity index (χ1) is 14.5. The number of carbonyl (C=O) groups excluding carboxylic acids is 1. The van der Waals surface area contributed by atoms with Gasteiger partial charge in [-0.3, -0.25) is 4.79 Å². The maximum atomic E-state index is 13.3. The summed E-state index contributed by atoms with van der Waals surface area (Å²) in [6.45, 7) is 14.2. The fourth-order valence-electron chi connectivity index (χ4n) is 3.18. The first-order valence-electron chi connectivity index (χ1n) is 10.4. The van der Waals surface area contributed by atoms with Crippen molar-refractivity contribution in [2.75, 3.05) is 14.2 Å². The third-order valence-corrected chi connectivity index (χ3v) is 6.25. The Morgan fingerprint density at radius 3 is 1.97 bits per heavy atom. The quantitative estimate of drug-likeness (QED) is 0.331. The van der Waals surface area contributed by atoms with Gasteiger partial charge in [-0.15, -0.1) is 0 Å². The maximum Gasteiger partial charge on any atom is 1.00 e. The molecule has 0 aliphatic rings. The monoisotopic (exact) mass is 454 g/mol. The first-order valence-corrected chi connectivity index (χ1v) is 11.4. The van der Waals surface area contributed by atoms with E-state index in [1.54, 1.807) is 27.2 Å². The molecule has 172 valence electrons. The van der Waals surface area contributed by atoms with Crippen LogP contribution in [0.4, 0.5) is 0 Å². The summed E-state index contributed by atoms with van der Waals surface area (Å²) in [6.07, 6.45) is -0.849. The SMILES string of the molecule is COC(C)Oc1ccc(PC(=O)c2c(C)cc(C(C)(C)C)cc2C)c(OC(C)OC)c1.[H-].[Li+]. The summed E-state index contributed by atoms with van der Waals surface area (Å²) >= 11 is 0. The Morgan fingerprint density at radius 2 is 1.47 bits per heavy atom. The minimum Gasteiger partial charge on any atom is -1.00 e. The van der Waals surface area contributed by atoms with Gasteiger partial charge < -0.3 is 20.4 Å². The molecular weight excluding hydrogens is 418 g/mol. The number of carbonyl (C=O) groups is 1. The Kier molecular flexibility index (Phi) is 10.9. The zero-order chi connectivity index (χ0) is 23.3. The summed E-state index contributed by atoms with van der Waals surface area (Å²) in [5.74, 6) is 1.18. The van der Waals surface area contributed by atoms with Gasteiger partial charge in [0.15, 0.2) is 18.1 Å². The molecule has 7 heteroatoms. The summed E-state index contributed by atoms with van der Waals surface area (Å²) in [6, 6.07) is 9.73. The second kappa shape index (κ2) is 12.2. The van der Waals surface area contributed by atoms with Crippen molar-refractivity contribution >= 4 is 19.4 Å². The van der Waals surface area contributed by atoms with Gasteiger partial charge >= 0.3 is 18.9 Å². The van der Waals surface area contributed by atoms with E-state index in [1.165, 1.54) is 5.56 Å². The molecule has 3 unspecified atom stereocenters. The van der Waals surface area contributed by atoms with E-state index in [2.05, 4.69) is 32.9 Å². The topological polar surface area (TPSA) is 54.0 Å². The number of hydrogen-bond acceptors (Lipinski definition) is 5. The van der Waals surface area contributed by atoms with Gasteiger partial charge in [-0.25, -0.2) is 0 Å².